The molecule has 3 amide bonds. The lowest BCUT2D eigenvalue weighted by molar-refractivity contribution is -0.115. The van der Waals surface area contributed by atoms with Gasteiger partial charge in [0.1, 0.15) is 5.75 Å². The van der Waals surface area contributed by atoms with Crippen LogP contribution in [0.3, 0.4) is 0 Å². The largest absolute Gasteiger partial charge is 0.495 e. The Bertz CT molecular complexity index is 1200. The molecule has 8 heteroatoms. The number of hydrogen-bond donors (Lipinski definition) is 1. The third-order valence-electron chi connectivity index (χ3n) is 5.06. The number of aromatic nitrogens is 2. The Kier molecular flexibility index (Phi) is 5.21. The number of fused-ring (bicyclic) bond motifs is 1. The molecule has 0 atom stereocenters. The van der Waals surface area contributed by atoms with E-state index in [4.69, 9.17) is 4.74 Å². The quantitative estimate of drug-likeness (QED) is 0.642. The first-order chi connectivity index (χ1) is 14.9. The molecule has 0 bridgehead atoms. The lowest BCUT2D eigenvalue weighted by atomic mass is 9.97. The Morgan fingerprint density at radius 2 is 1.90 bits per heavy atom. The van der Waals surface area contributed by atoms with Crippen LogP contribution in [0.1, 0.15) is 31.8 Å². The second kappa shape index (κ2) is 7.98. The maximum absolute atomic E-state index is 12.6. The number of ether oxygens (including phenoxy) is 1. The summed E-state index contributed by atoms with van der Waals surface area (Å²) in [5.41, 5.74) is 3.99. The van der Waals surface area contributed by atoms with E-state index in [1.54, 1.807) is 50.0 Å². The van der Waals surface area contributed by atoms with E-state index in [9.17, 15) is 14.4 Å². The smallest absolute Gasteiger partial charge is 0.261 e. The van der Waals surface area contributed by atoms with Crippen LogP contribution in [-0.2, 0) is 11.2 Å². The maximum Gasteiger partial charge on any atom is 0.261 e. The number of aryl methyl sites for hydroxylation is 1. The van der Waals surface area contributed by atoms with Crippen LogP contribution in [0.15, 0.2) is 48.9 Å². The summed E-state index contributed by atoms with van der Waals surface area (Å²) in [4.78, 5) is 46.9. The number of imide groups is 1. The molecule has 0 saturated carbocycles. The van der Waals surface area contributed by atoms with Crippen molar-refractivity contribution in [2.24, 2.45) is 0 Å². The third-order valence-corrected chi connectivity index (χ3v) is 5.06. The molecule has 0 fully saturated rings. The van der Waals surface area contributed by atoms with Gasteiger partial charge in [-0.2, -0.15) is 0 Å². The number of anilines is 1. The van der Waals surface area contributed by atoms with Gasteiger partial charge in [0.05, 0.1) is 48.4 Å². The summed E-state index contributed by atoms with van der Waals surface area (Å²) in [5, 5.41) is 2.79. The van der Waals surface area contributed by atoms with Crippen LogP contribution in [0.5, 0.6) is 5.75 Å². The minimum absolute atomic E-state index is 0.0293. The molecular formula is C23H20N4O4. The molecule has 3 aromatic rings. The van der Waals surface area contributed by atoms with Crippen molar-refractivity contribution < 1.29 is 19.1 Å². The molecule has 4 rings (SSSR count). The summed E-state index contributed by atoms with van der Waals surface area (Å²) >= 11 is 0. The van der Waals surface area contributed by atoms with Crippen molar-refractivity contribution in [2.75, 3.05) is 19.5 Å². The van der Waals surface area contributed by atoms with E-state index in [0.29, 0.717) is 33.8 Å². The van der Waals surface area contributed by atoms with Crippen molar-refractivity contribution in [2.45, 2.75) is 13.3 Å². The van der Waals surface area contributed by atoms with Crippen molar-refractivity contribution in [1.29, 1.82) is 0 Å². The number of amides is 3. The first-order valence-electron chi connectivity index (χ1n) is 9.58. The minimum atomic E-state index is -0.388. The molecule has 1 aliphatic rings. The van der Waals surface area contributed by atoms with Crippen molar-refractivity contribution in [1.82, 2.24) is 14.9 Å². The minimum Gasteiger partial charge on any atom is -0.495 e. The van der Waals surface area contributed by atoms with Gasteiger partial charge >= 0.3 is 0 Å². The molecular weight excluding hydrogens is 396 g/mol. The van der Waals surface area contributed by atoms with Gasteiger partial charge in [-0.1, -0.05) is 6.07 Å². The number of hydrogen-bond acceptors (Lipinski definition) is 6. The summed E-state index contributed by atoms with van der Waals surface area (Å²) in [6.45, 7) is 1.83. The van der Waals surface area contributed by atoms with Crippen LogP contribution in [0.2, 0.25) is 0 Å². The fraction of sp³-hybridized carbons (Fsp3) is 0.174. The summed E-state index contributed by atoms with van der Waals surface area (Å²) in [5.74, 6) is -0.417. The van der Waals surface area contributed by atoms with E-state index in [2.05, 4.69) is 15.3 Å². The molecule has 31 heavy (non-hydrogen) atoms. The number of nitrogens with zero attached hydrogens (tertiary/aromatic N) is 3. The fourth-order valence-corrected chi connectivity index (χ4v) is 3.55. The summed E-state index contributed by atoms with van der Waals surface area (Å²) < 4.78 is 5.17. The standard InChI is InChI=1S/C23H20N4O4/c1-13-6-14(21-18(7-13)22(29)27(2)23(21)30)9-20(28)26-16-4-5-19(25-11-16)15-8-17(31-3)12-24-10-15/h4-8,10-12H,9H2,1-3H3,(H,26,28). The third kappa shape index (κ3) is 3.87. The highest BCUT2D eigenvalue weighted by atomic mass is 16.5. The molecule has 0 unspecified atom stereocenters. The van der Waals surface area contributed by atoms with Crippen LogP contribution in [0, 0.1) is 6.92 Å². The SMILES string of the molecule is COc1cncc(-c2ccc(NC(=O)Cc3cc(C)cc4c3C(=O)N(C)C4=O)cn2)c1. The van der Waals surface area contributed by atoms with Gasteiger partial charge in [0.2, 0.25) is 5.91 Å². The van der Waals surface area contributed by atoms with Gasteiger partial charge in [-0.3, -0.25) is 29.3 Å². The molecule has 0 radical (unpaired) electrons. The summed E-state index contributed by atoms with van der Waals surface area (Å²) in [6.07, 6.45) is 4.81. The summed E-state index contributed by atoms with van der Waals surface area (Å²) in [7, 11) is 3.01. The Morgan fingerprint density at radius 1 is 1.10 bits per heavy atom. The molecule has 1 aromatic carbocycles. The van der Waals surface area contributed by atoms with Crippen LogP contribution >= 0.6 is 0 Å². The van der Waals surface area contributed by atoms with E-state index in [1.807, 2.05) is 13.0 Å². The lowest BCUT2D eigenvalue weighted by Gasteiger charge is -2.10. The first kappa shape index (κ1) is 20.2. The number of pyridine rings is 2. The topological polar surface area (TPSA) is 101 Å². The van der Waals surface area contributed by atoms with E-state index in [1.165, 1.54) is 7.05 Å². The number of benzene rings is 1. The molecule has 1 aliphatic heterocycles. The van der Waals surface area contributed by atoms with Gasteiger partial charge < -0.3 is 10.1 Å². The average Bonchev–Trinajstić information content (AvgIpc) is 2.98. The second-order valence-corrected chi connectivity index (χ2v) is 7.29. The molecule has 0 aliphatic carbocycles. The van der Waals surface area contributed by atoms with E-state index in [-0.39, 0.29) is 24.1 Å². The highest BCUT2D eigenvalue weighted by Crippen LogP contribution is 2.27. The monoisotopic (exact) mass is 416 g/mol. The predicted molar refractivity (Wildman–Crippen MR) is 114 cm³/mol. The van der Waals surface area contributed by atoms with Crippen molar-refractivity contribution >= 4 is 23.4 Å². The van der Waals surface area contributed by atoms with Crippen LogP contribution in [0.4, 0.5) is 5.69 Å². The lowest BCUT2D eigenvalue weighted by Crippen LogP contribution is -2.24. The van der Waals surface area contributed by atoms with Crippen LogP contribution in [-0.4, -0.2) is 46.7 Å². The number of carbonyl (C=O) groups excluding carboxylic acids is 3. The Morgan fingerprint density at radius 3 is 2.61 bits per heavy atom. The van der Waals surface area contributed by atoms with Crippen molar-refractivity contribution in [3.63, 3.8) is 0 Å². The maximum atomic E-state index is 12.6. The molecule has 156 valence electrons. The predicted octanol–water partition coefficient (Wildman–Crippen LogP) is 2.87. The summed E-state index contributed by atoms with van der Waals surface area (Å²) in [6, 6.07) is 8.77. The van der Waals surface area contributed by atoms with E-state index >= 15 is 0 Å². The zero-order valence-electron chi connectivity index (χ0n) is 17.3. The van der Waals surface area contributed by atoms with Gasteiger partial charge in [0, 0.05) is 18.8 Å². The Labute approximate surface area is 178 Å². The van der Waals surface area contributed by atoms with Crippen molar-refractivity contribution in [3.8, 4) is 17.0 Å². The van der Waals surface area contributed by atoms with Gasteiger partial charge in [-0.15, -0.1) is 0 Å². The highest BCUT2D eigenvalue weighted by Gasteiger charge is 2.35. The molecule has 8 nitrogen and oxygen atoms in total. The van der Waals surface area contributed by atoms with Crippen LogP contribution in [0.25, 0.3) is 11.3 Å². The van der Waals surface area contributed by atoms with Gasteiger partial charge in [0.15, 0.2) is 0 Å². The fourth-order valence-electron chi connectivity index (χ4n) is 3.55. The normalized spacial score (nSPS) is 12.7. The number of rotatable bonds is 5. The highest BCUT2D eigenvalue weighted by molar-refractivity contribution is 6.22. The van der Waals surface area contributed by atoms with Crippen LogP contribution < -0.4 is 10.1 Å². The molecule has 3 heterocycles. The Hall–Kier alpha value is -4.07. The number of nitrogens with one attached hydrogen (secondary N) is 1. The molecule has 1 N–H and O–H groups in total. The zero-order chi connectivity index (χ0) is 22.1. The molecule has 0 saturated heterocycles. The molecule has 0 spiro atoms. The second-order valence-electron chi connectivity index (χ2n) is 7.29. The average molecular weight is 416 g/mol. The van der Waals surface area contributed by atoms with Gasteiger partial charge in [0.25, 0.3) is 11.8 Å². The number of methoxy groups -OCH3 is 1. The van der Waals surface area contributed by atoms with E-state index in [0.717, 1.165) is 16.0 Å². The van der Waals surface area contributed by atoms with E-state index < -0.39 is 0 Å². The Balaban J connectivity index is 1.51. The zero-order valence-corrected chi connectivity index (χ0v) is 17.3. The van der Waals surface area contributed by atoms with Gasteiger partial charge in [-0.25, -0.2) is 0 Å². The molecule has 2 aromatic heterocycles. The van der Waals surface area contributed by atoms with Crippen molar-refractivity contribution in [3.05, 3.63) is 71.2 Å². The van der Waals surface area contributed by atoms with Gasteiger partial charge in [-0.05, 0) is 42.3 Å². The number of carbonyl (C=O) groups is 3. The first-order valence-corrected chi connectivity index (χ1v) is 9.58.